The molecule has 0 radical (unpaired) electrons. The molecular formula is C11H19NO. The molecule has 0 aromatic carbocycles. The van der Waals surface area contributed by atoms with Gasteiger partial charge in [0.1, 0.15) is 0 Å². The largest absolute Gasteiger partial charge is 0.395 e. The first-order valence-corrected chi connectivity index (χ1v) is 5.13. The van der Waals surface area contributed by atoms with Gasteiger partial charge in [-0.3, -0.25) is 4.90 Å². The molecule has 1 aliphatic heterocycles. The van der Waals surface area contributed by atoms with Crippen LogP contribution in [0.15, 0.2) is 0 Å². The van der Waals surface area contributed by atoms with Crippen LogP contribution in [0.25, 0.3) is 0 Å². The summed E-state index contributed by atoms with van der Waals surface area (Å²) in [6.45, 7) is 4.34. The van der Waals surface area contributed by atoms with Crippen molar-refractivity contribution in [3.05, 3.63) is 0 Å². The van der Waals surface area contributed by atoms with Crippen LogP contribution < -0.4 is 0 Å². The van der Waals surface area contributed by atoms with Gasteiger partial charge in [-0.1, -0.05) is 6.42 Å². The second-order valence-corrected chi connectivity index (χ2v) is 3.54. The van der Waals surface area contributed by atoms with Crippen LogP contribution in [0.2, 0.25) is 0 Å². The van der Waals surface area contributed by atoms with Crippen molar-refractivity contribution in [1.29, 1.82) is 0 Å². The molecule has 0 unspecified atom stereocenters. The number of hydrogen-bond acceptors (Lipinski definition) is 2. The van der Waals surface area contributed by atoms with Crippen LogP contribution in [0.1, 0.15) is 32.6 Å². The number of aliphatic hydroxyl groups is 1. The van der Waals surface area contributed by atoms with Crippen LogP contribution in [0.4, 0.5) is 0 Å². The molecule has 0 amide bonds. The Bertz CT molecular complexity index is 192. The molecule has 1 heterocycles. The zero-order valence-electron chi connectivity index (χ0n) is 8.42. The quantitative estimate of drug-likeness (QED) is 0.662. The molecule has 0 aromatic rings. The Morgan fingerprint density at radius 3 is 3.00 bits per heavy atom. The monoisotopic (exact) mass is 181 g/mol. The standard InChI is InChI=1S/C11H19NO/c1-2-3-5-8-12-9-6-4-7-11(12)10-13/h11,13H,4-10H2,1H3/t11-/m0/s1. The number of rotatable bonds is 3. The van der Waals surface area contributed by atoms with E-state index < -0.39 is 0 Å². The maximum atomic E-state index is 9.14. The number of likely N-dealkylation sites (tertiary alicyclic amines) is 1. The third-order valence-electron chi connectivity index (χ3n) is 2.66. The van der Waals surface area contributed by atoms with Crippen LogP contribution in [-0.2, 0) is 0 Å². The predicted octanol–water partition coefficient (Wildman–Crippen LogP) is 1.25. The van der Waals surface area contributed by atoms with Gasteiger partial charge in [-0.15, -0.1) is 11.8 Å². The summed E-state index contributed by atoms with van der Waals surface area (Å²) in [7, 11) is 0. The Hall–Kier alpha value is -0.520. The van der Waals surface area contributed by atoms with Gasteiger partial charge >= 0.3 is 0 Å². The highest BCUT2D eigenvalue weighted by Crippen LogP contribution is 2.16. The van der Waals surface area contributed by atoms with Gasteiger partial charge in [0.25, 0.3) is 0 Å². The number of aliphatic hydroxyl groups excluding tert-OH is 1. The summed E-state index contributed by atoms with van der Waals surface area (Å²) in [5, 5.41) is 9.14. The summed E-state index contributed by atoms with van der Waals surface area (Å²) in [5.74, 6) is 5.97. The van der Waals surface area contributed by atoms with Crippen molar-refractivity contribution >= 4 is 0 Å². The number of hydrogen-bond donors (Lipinski definition) is 1. The SMILES string of the molecule is CC#CCCN1CCCC[C@H]1CO. The van der Waals surface area contributed by atoms with Crippen molar-refractivity contribution in [2.24, 2.45) is 0 Å². The van der Waals surface area contributed by atoms with Crippen LogP contribution in [0, 0.1) is 11.8 Å². The predicted molar refractivity (Wildman–Crippen MR) is 54.4 cm³/mol. The van der Waals surface area contributed by atoms with Crippen molar-refractivity contribution in [1.82, 2.24) is 4.90 Å². The molecule has 2 heteroatoms. The molecule has 1 saturated heterocycles. The van der Waals surface area contributed by atoms with Crippen molar-refractivity contribution in [3.8, 4) is 11.8 Å². The van der Waals surface area contributed by atoms with E-state index in [1.54, 1.807) is 0 Å². The Morgan fingerprint density at radius 2 is 2.31 bits per heavy atom. The molecule has 1 N–H and O–H groups in total. The lowest BCUT2D eigenvalue weighted by molar-refractivity contribution is 0.0924. The van der Waals surface area contributed by atoms with Crippen LogP contribution in [0.5, 0.6) is 0 Å². The number of nitrogens with zero attached hydrogens (tertiary/aromatic N) is 1. The molecule has 1 fully saturated rings. The fraction of sp³-hybridized carbons (Fsp3) is 0.818. The van der Waals surface area contributed by atoms with Crippen LogP contribution in [-0.4, -0.2) is 35.7 Å². The van der Waals surface area contributed by atoms with Crippen molar-refractivity contribution in [3.63, 3.8) is 0 Å². The molecule has 0 aliphatic carbocycles. The molecule has 1 rings (SSSR count). The number of piperidine rings is 1. The topological polar surface area (TPSA) is 23.5 Å². The van der Waals surface area contributed by atoms with E-state index in [1.165, 1.54) is 12.8 Å². The van der Waals surface area contributed by atoms with E-state index in [9.17, 15) is 0 Å². The Kier molecular flexibility index (Phi) is 4.88. The second-order valence-electron chi connectivity index (χ2n) is 3.54. The smallest absolute Gasteiger partial charge is 0.0586 e. The van der Waals surface area contributed by atoms with E-state index in [-0.39, 0.29) is 0 Å². The van der Waals surface area contributed by atoms with E-state index in [0.717, 1.165) is 25.9 Å². The fourth-order valence-electron chi connectivity index (χ4n) is 1.89. The van der Waals surface area contributed by atoms with Crippen molar-refractivity contribution in [2.75, 3.05) is 19.7 Å². The summed E-state index contributed by atoms with van der Waals surface area (Å²) < 4.78 is 0. The highest BCUT2D eigenvalue weighted by Gasteiger charge is 2.20. The van der Waals surface area contributed by atoms with E-state index >= 15 is 0 Å². The van der Waals surface area contributed by atoms with Gasteiger partial charge in [0, 0.05) is 19.0 Å². The van der Waals surface area contributed by atoms with E-state index in [2.05, 4.69) is 16.7 Å². The molecular weight excluding hydrogens is 162 g/mol. The van der Waals surface area contributed by atoms with Gasteiger partial charge < -0.3 is 5.11 Å². The summed E-state index contributed by atoms with van der Waals surface area (Å²) in [4.78, 5) is 2.37. The highest BCUT2D eigenvalue weighted by molar-refractivity contribution is 4.95. The lowest BCUT2D eigenvalue weighted by atomic mass is 10.0. The normalized spacial score (nSPS) is 23.7. The lowest BCUT2D eigenvalue weighted by Gasteiger charge is -2.33. The first-order chi connectivity index (χ1) is 6.38. The fourth-order valence-corrected chi connectivity index (χ4v) is 1.89. The highest BCUT2D eigenvalue weighted by atomic mass is 16.3. The summed E-state index contributed by atoms with van der Waals surface area (Å²) >= 11 is 0. The molecule has 0 spiro atoms. The maximum Gasteiger partial charge on any atom is 0.0586 e. The van der Waals surface area contributed by atoms with Crippen LogP contribution in [0.3, 0.4) is 0 Å². The minimum atomic E-state index is 0.305. The van der Waals surface area contributed by atoms with Gasteiger partial charge in [-0.2, -0.15) is 0 Å². The van der Waals surface area contributed by atoms with Gasteiger partial charge in [0.05, 0.1) is 6.61 Å². The lowest BCUT2D eigenvalue weighted by Crippen LogP contribution is -2.42. The van der Waals surface area contributed by atoms with Gasteiger partial charge in [0.2, 0.25) is 0 Å². The Morgan fingerprint density at radius 1 is 1.46 bits per heavy atom. The molecule has 0 bridgehead atoms. The van der Waals surface area contributed by atoms with Gasteiger partial charge in [-0.25, -0.2) is 0 Å². The van der Waals surface area contributed by atoms with E-state index in [0.29, 0.717) is 12.6 Å². The Balaban J connectivity index is 2.30. The Labute approximate surface area is 80.9 Å². The van der Waals surface area contributed by atoms with Gasteiger partial charge in [0.15, 0.2) is 0 Å². The zero-order valence-corrected chi connectivity index (χ0v) is 8.42. The summed E-state index contributed by atoms with van der Waals surface area (Å²) in [6.07, 6.45) is 4.63. The average molecular weight is 181 g/mol. The summed E-state index contributed by atoms with van der Waals surface area (Å²) in [5.41, 5.74) is 0. The first kappa shape index (κ1) is 10.6. The van der Waals surface area contributed by atoms with Crippen LogP contribution >= 0.6 is 0 Å². The third-order valence-corrected chi connectivity index (χ3v) is 2.66. The molecule has 13 heavy (non-hydrogen) atoms. The van der Waals surface area contributed by atoms with Crippen molar-refractivity contribution < 1.29 is 5.11 Å². The molecule has 74 valence electrons. The van der Waals surface area contributed by atoms with Crippen molar-refractivity contribution in [2.45, 2.75) is 38.6 Å². The summed E-state index contributed by atoms with van der Waals surface area (Å²) in [6, 6.07) is 0.396. The zero-order chi connectivity index (χ0) is 9.52. The molecule has 0 aromatic heterocycles. The van der Waals surface area contributed by atoms with E-state index in [1.807, 2.05) is 6.92 Å². The van der Waals surface area contributed by atoms with Gasteiger partial charge in [-0.05, 0) is 26.3 Å². The third kappa shape index (κ3) is 3.38. The molecule has 1 atom stereocenters. The minimum Gasteiger partial charge on any atom is -0.395 e. The first-order valence-electron chi connectivity index (χ1n) is 5.13. The average Bonchev–Trinajstić information content (AvgIpc) is 2.19. The maximum absolute atomic E-state index is 9.14. The molecule has 2 nitrogen and oxygen atoms in total. The molecule has 1 aliphatic rings. The van der Waals surface area contributed by atoms with E-state index in [4.69, 9.17) is 5.11 Å². The second kappa shape index (κ2) is 6.01. The minimum absolute atomic E-state index is 0.305. The molecule has 0 saturated carbocycles.